The molecule has 0 saturated heterocycles. The highest BCUT2D eigenvalue weighted by atomic mass is 32.2. The molecule has 0 rings (SSSR count). The molecule has 0 aromatic rings. The Balaban J connectivity index is 6.72. The van der Waals surface area contributed by atoms with Gasteiger partial charge in [-0.3, -0.25) is 23.3 Å². The fourth-order valence-corrected chi connectivity index (χ4v) is 5.11. The van der Waals surface area contributed by atoms with Gasteiger partial charge in [0, 0.05) is 47.0 Å². The number of hydrogen-bond donors (Lipinski definition) is 1. The van der Waals surface area contributed by atoms with Gasteiger partial charge in [-0.1, -0.05) is 6.92 Å². The second-order valence-electron chi connectivity index (χ2n) is 9.26. The third-order valence-electron chi connectivity index (χ3n) is 3.82. The van der Waals surface area contributed by atoms with Crippen molar-refractivity contribution in [2.45, 2.75) is 89.2 Å². The molecule has 0 aliphatic carbocycles. The van der Waals surface area contributed by atoms with Gasteiger partial charge in [0.2, 0.25) is 5.91 Å². The molecule has 0 bridgehead atoms. The molecule has 0 aromatic carbocycles. The fourth-order valence-electron chi connectivity index (χ4n) is 2.61. The predicted molar refractivity (Wildman–Crippen MR) is 123 cm³/mol. The number of nitrogens with one attached hydrogen (secondary N) is 1. The van der Waals surface area contributed by atoms with Crippen LogP contribution in [-0.4, -0.2) is 71.7 Å². The minimum absolute atomic E-state index is 0.139. The van der Waals surface area contributed by atoms with Crippen LogP contribution in [0.4, 0.5) is 9.59 Å². The van der Waals surface area contributed by atoms with Crippen molar-refractivity contribution >= 4 is 46.0 Å². The van der Waals surface area contributed by atoms with Gasteiger partial charge in [0.05, 0.1) is 0 Å². The first-order valence-corrected chi connectivity index (χ1v) is 13.3. The van der Waals surface area contributed by atoms with Gasteiger partial charge in [0.1, 0.15) is 15.8 Å². The van der Waals surface area contributed by atoms with Crippen molar-refractivity contribution in [2.24, 2.45) is 0 Å². The van der Waals surface area contributed by atoms with Crippen LogP contribution in [0.2, 0.25) is 0 Å². The summed E-state index contributed by atoms with van der Waals surface area (Å²) in [5, 5.41) is 2.29. The second kappa shape index (κ2) is 11.9. The predicted octanol–water partition coefficient (Wildman–Crippen LogP) is 2.44. The van der Waals surface area contributed by atoms with E-state index >= 15 is 0 Å². The zero-order valence-corrected chi connectivity index (χ0v) is 21.9. The molecule has 10 nitrogen and oxygen atoms in total. The molecule has 2 unspecified atom stereocenters. The summed E-state index contributed by atoms with van der Waals surface area (Å²) in [4.78, 5) is 51.6. The number of amides is 3. The lowest BCUT2D eigenvalue weighted by Gasteiger charge is -2.40. The lowest BCUT2D eigenvalue weighted by atomic mass is 10.1. The number of imide groups is 1. The molecule has 0 aromatic heterocycles. The molecule has 0 fully saturated rings. The Bertz CT molecular complexity index is 744. The highest BCUT2D eigenvalue weighted by Gasteiger charge is 2.50. The van der Waals surface area contributed by atoms with Gasteiger partial charge in [0.15, 0.2) is 11.9 Å². The lowest BCUT2D eigenvalue weighted by Crippen LogP contribution is -2.67. The van der Waals surface area contributed by atoms with Gasteiger partial charge in [-0.15, -0.1) is 0 Å². The molecule has 0 spiro atoms. The van der Waals surface area contributed by atoms with E-state index in [1.807, 2.05) is 0 Å². The highest BCUT2D eigenvalue weighted by molar-refractivity contribution is 8.02. The maximum absolute atomic E-state index is 13.0. The Morgan fingerprint density at radius 3 is 1.78 bits per heavy atom. The van der Waals surface area contributed by atoms with Crippen molar-refractivity contribution in [1.29, 1.82) is 0 Å². The number of hydrogen-bond acceptors (Lipinski definition) is 8. The van der Waals surface area contributed by atoms with Crippen LogP contribution in [0.15, 0.2) is 0 Å². The van der Waals surface area contributed by atoms with E-state index in [2.05, 4.69) is 5.32 Å². The zero-order chi connectivity index (χ0) is 25.5. The van der Waals surface area contributed by atoms with E-state index in [0.29, 0.717) is 11.3 Å². The van der Waals surface area contributed by atoms with Crippen LogP contribution in [0.1, 0.15) is 67.7 Å². The first-order valence-electron chi connectivity index (χ1n) is 10.1. The maximum Gasteiger partial charge on any atom is 0.419 e. The summed E-state index contributed by atoms with van der Waals surface area (Å²) in [6, 6.07) is 0. The molecule has 12 heteroatoms. The summed E-state index contributed by atoms with van der Waals surface area (Å²) >= 11 is 0. The Morgan fingerprint density at radius 1 is 0.969 bits per heavy atom. The number of carbonyl (C=O) groups is 4. The highest BCUT2D eigenvalue weighted by Crippen LogP contribution is 2.26. The Kier molecular flexibility index (Phi) is 11.2. The molecule has 186 valence electrons. The van der Waals surface area contributed by atoms with Crippen molar-refractivity contribution < 1.29 is 37.1 Å². The number of ether oxygens (including phenoxy) is 2. The van der Waals surface area contributed by atoms with E-state index in [0.717, 1.165) is 0 Å². The largest absolute Gasteiger partial charge is 0.444 e. The molecule has 0 heterocycles. The van der Waals surface area contributed by atoms with Gasteiger partial charge in [-0.2, -0.15) is 0 Å². The summed E-state index contributed by atoms with van der Waals surface area (Å²) in [6.07, 6.45) is 0.105. The van der Waals surface area contributed by atoms with Crippen LogP contribution in [0, 0.1) is 0 Å². The summed E-state index contributed by atoms with van der Waals surface area (Å²) in [5.41, 5.74) is -4.31. The Hall–Kier alpha value is -1.82. The van der Waals surface area contributed by atoms with Crippen molar-refractivity contribution in [3.63, 3.8) is 0 Å². The van der Waals surface area contributed by atoms with Crippen molar-refractivity contribution in [3.8, 4) is 0 Å². The molecule has 0 radical (unpaired) electrons. The van der Waals surface area contributed by atoms with Gasteiger partial charge >= 0.3 is 12.2 Å². The number of nitrogens with zero attached hydrogens (tertiary/aromatic N) is 1. The normalized spacial score (nSPS) is 16.7. The second-order valence-corrected chi connectivity index (χ2v) is 12.7. The van der Waals surface area contributed by atoms with Crippen LogP contribution in [0.25, 0.3) is 0 Å². The molecule has 0 saturated carbocycles. The quantitative estimate of drug-likeness (QED) is 0.380. The fraction of sp³-hybridized carbons (Fsp3) is 0.800. The first-order chi connectivity index (χ1) is 14.4. The Morgan fingerprint density at radius 2 is 1.44 bits per heavy atom. The smallest absolute Gasteiger partial charge is 0.419 e. The number of carbonyl (C=O) groups excluding carboxylic acids is 4. The maximum atomic E-state index is 13.0. The average Bonchev–Trinajstić information content (AvgIpc) is 2.55. The molecular weight excluding hydrogens is 460 g/mol. The molecule has 32 heavy (non-hydrogen) atoms. The summed E-state index contributed by atoms with van der Waals surface area (Å²) in [5.74, 6) is -0.799. The van der Waals surface area contributed by atoms with Crippen LogP contribution in [0.3, 0.4) is 0 Å². The van der Waals surface area contributed by atoms with Gasteiger partial charge in [0.25, 0.3) is 0 Å². The third kappa shape index (κ3) is 9.76. The van der Waals surface area contributed by atoms with Crippen LogP contribution in [-0.2, 0) is 40.7 Å². The van der Waals surface area contributed by atoms with Crippen molar-refractivity contribution in [3.05, 3.63) is 0 Å². The van der Waals surface area contributed by atoms with E-state index in [1.165, 1.54) is 12.5 Å². The first kappa shape index (κ1) is 30.2. The summed E-state index contributed by atoms with van der Waals surface area (Å²) < 4.78 is 33.9. The molecule has 3 amide bonds. The van der Waals surface area contributed by atoms with Gasteiger partial charge in [-0.25, -0.2) is 14.5 Å². The molecule has 0 aliphatic heterocycles. The van der Waals surface area contributed by atoms with E-state index in [9.17, 15) is 27.6 Å². The SMILES string of the molecule is CCCC(=O)N(C(=O)OC(C)(C)C)[C@](C=O)(CC(S(C)=O)[S@](C)=O)NC(=O)OC(C)(C)C. The van der Waals surface area contributed by atoms with Gasteiger partial charge in [-0.05, 0) is 48.0 Å². The standard InChI is InChI=1S/C20H36N2O8S2/c1-10-11-14(24)22(17(26)30-19(5,6)7)20(13-23,12-15(31(8)27)32(9)28)21-16(25)29-18(2,3)4/h13,15H,10-12H2,1-9H3,(H,21,25)/t15?,20-,31-,32?/m0/s1. The molecule has 0 aliphatic rings. The minimum Gasteiger partial charge on any atom is -0.444 e. The minimum atomic E-state index is -2.33. The summed E-state index contributed by atoms with van der Waals surface area (Å²) in [6.45, 7) is 11.2. The monoisotopic (exact) mass is 496 g/mol. The molecule has 4 atom stereocenters. The number of rotatable bonds is 9. The number of alkyl carbamates (subject to hydrolysis) is 1. The average molecular weight is 497 g/mol. The zero-order valence-electron chi connectivity index (χ0n) is 20.3. The third-order valence-corrected chi connectivity index (χ3v) is 7.26. The van der Waals surface area contributed by atoms with Crippen LogP contribution < -0.4 is 5.32 Å². The van der Waals surface area contributed by atoms with E-state index in [-0.39, 0.29) is 12.7 Å². The van der Waals surface area contributed by atoms with Crippen molar-refractivity contribution in [1.82, 2.24) is 10.2 Å². The van der Waals surface area contributed by atoms with E-state index in [4.69, 9.17) is 9.47 Å². The lowest BCUT2D eigenvalue weighted by molar-refractivity contribution is -0.142. The Labute approximate surface area is 195 Å². The van der Waals surface area contributed by atoms with Gasteiger partial charge < -0.3 is 9.47 Å². The summed E-state index contributed by atoms with van der Waals surface area (Å²) in [7, 11) is -3.44. The number of aldehydes is 1. The van der Waals surface area contributed by atoms with Crippen LogP contribution in [0.5, 0.6) is 0 Å². The molecular formula is C20H36N2O8S2. The molecule has 1 N–H and O–H groups in total. The topological polar surface area (TPSA) is 136 Å². The van der Waals surface area contributed by atoms with E-state index in [1.54, 1.807) is 48.5 Å². The van der Waals surface area contributed by atoms with Crippen LogP contribution >= 0.6 is 0 Å². The van der Waals surface area contributed by atoms with E-state index < -0.39 is 67.6 Å². The van der Waals surface area contributed by atoms with Crippen molar-refractivity contribution in [2.75, 3.05) is 12.5 Å².